The van der Waals surface area contributed by atoms with Crippen molar-refractivity contribution in [3.63, 3.8) is 0 Å². The van der Waals surface area contributed by atoms with Gasteiger partial charge in [-0.1, -0.05) is 0 Å². The highest BCUT2D eigenvalue weighted by atomic mass is 79.9. The number of hydrogen-bond donors (Lipinski definition) is 2. The summed E-state index contributed by atoms with van der Waals surface area (Å²) < 4.78 is 0.810. The van der Waals surface area contributed by atoms with Crippen LogP contribution in [0.15, 0.2) is 28.3 Å². The Morgan fingerprint density at radius 3 is 2.61 bits per heavy atom. The minimum absolute atomic E-state index is 0.0699. The van der Waals surface area contributed by atoms with E-state index in [9.17, 15) is 9.59 Å². The Hall–Kier alpha value is -1.80. The third-order valence-electron chi connectivity index (χ3n) is 1.93. The summed E-state index contributed by atoms with van der Waals surface area (Å²) in [6.45, 7) is 0. The topological polar surface area (TPSA) is 92.2 Å². The molecule has 0 aliphatic rings. The molecule has 0 unspecified atom stereocenters. The molecule has 0 aliphatic carbocycles. The van der Waals surface area contributed by atoms with Crippen LogP contribution in [-0.2, 0) is 0 Å². The second-order valence-electron chi connectivity index (χ2n) is 3.12. The molecule has 0 aromatic carbocycles. The van der Waals surface area contributed by atoms with Crippen molar-refractivity contribution in [2.75, 3.05) is 5.32 Å². The lowest BCUT2D eigenvalue weighted by Crippen LogP contribution is -2.16. The van der Waals surface area contributed by atoms with Crippen molar-refractivity contribution >= 4 is 45.0 Å². The molecule has 0 atom stereocenters. The predicted octanol–water partition coefficient (Wildman–Crippen LogP) is 2.25. The van der Waals surface area contributed by atoms with Crippen molar-refractivity contribution in [3.8, 4) is 0 Å². The highest BCUT2D eigenvalue weighted by Gasteiger charge is 2.16. The van der Waals surface area contributed by atoms with Gasteiger partial charge >= 0.3 is 5.97 Å². The fourth-order valence-electron chi connectivity index (χ4n) is 1.19. The minimum Gasteiger partial charge on any atom is -0.476 e. The van der Waals surface area contributed by atoms with Gasteiger partial charge in [-0.05, 0) is 28.1 Å². The monoisotopic (exact) mass is 327 g/mol. The number of carboxylic acids is 1. The Kier molecular flexibility index (Phi) is 3.68. The number of nitrogens with zero attached hydrogens (tertiary/aromatic N) is 2. The van der Waals surface area contributed by atoms with E-state index in [4.69, 9.17) is 5.11 Å². The van der Waals surface area contributed by atoms with E-state index in [1.54, 1.807) is 12.1 Å². The number of halogens is 1. The molecule has 2 rings (SSSR count). The van der Waals surface area contributed by atoms with E-state index in [-0.39, 0.29) is 11.5 Å². The number of carboxylic acid groups (broad SMARTS) is 1. The second-order valence-corrected chi connectivity index (χ2v) is 5.58. The number of carbonyl (C=O) groups excluding carboxylic acids is 1. The molecule has 92 valence electrons. The first-order valence-corrected chi connectivity index (χ1v) is 6.30. The number of rotatable bonds is 3. The highest BCUT2D eigenvalue weighted by molar-refractivity contribution is 9.11. The van der Waals surface area contributed by atoms with Gasteiger partial charge < -0.3 is 10.4 Å². The number of anilines is 1. The molecule has 0 spiro atoms. The normalized spacial score (nSPS) is 10.1. The summed E-state index contributed by atoms with van der Waals surface area (Å²) in [6.07, 6.45) is 2.56. The number of aromatic nitrogens is 2. The van der Waals surface area contributed by atoms with Gasteiger partial charge in [0.25, 0.3) is 5.91 Å². The molecule has 8 heteroatoms. The van der Waals surface area contributed by atoms with Crippen molar-refractivity contribution in [1.82, 2.24) is 9.97 Å². The minimum atomic E-state index is -1.24. The van der Waals surface area contributed by atoms with Crippen LogP contribution in [0, 0.1) is 0 Å². The number of aromatic carboxylic acids is 1. The molecule has 1 amide bonds. The van der Waals surface area contributed by atoms with Gasteiger partial charge in [0.15, 0.2) is 11.5 Å². The van der Waals surface area contributed by atoms with Crippen LogP contribution in [0.3, 0.4) is 0 Å². The maximum atomic E-state index is 11.8. The number of amides is 1. The van der Waals surface area contributed by atoms with Crippen molar-refractivity contribution < 1.29 is 14.7 Å². The Labute approximate surface area is 114 Å². The SMILES string of the molecule is O=C(Nc1nccnc1C(=O)O)c1ccc(Br)s1. The summed E-state index contributed by atoms with van der Waals surface area (Å²) in [5.41, 5.74) is -0.290. The third kappa shape index (κ3) is 2.71. The van der Waals surface area contributed by atoms with Crippen LogP contribution in [0.1, 0.15) is 20.2 Å². The average Bonchev–Trinajstić information content (AvgIpc) is 2.76. The standard InChI is InChI=1S/C10H6BrN3O3S/c11-6-2-1-5(18-6)9(15)14-8-7(10(16)17)12-3-4-13-8/h1-4H,(H,16,17)(H,13,14,15). The fourth-order valence-corrected chi connectivity index (χ4v) is 2.47. The molecular weight excluding hydrogens is 322 g/mol. The molecule has 0 aliphatic heterocycles. The summed E-state index contributed by atoms with van der Waals surface area (Å²) in [4.78, 5) is 30.6. The smallest absolute Gasteiger partial charge is 0.358 e. The zero-order valence-corrected chi connectivity index (χ0v) is 11.2. The number of nitrogens with one attached hydrogen (secondary N) is 1. The molecule has 18 heavy (non-hydrogen) atoms. The quantitative estimate of drug-likeness (QED) is 0.901. The van der Waals surface area contributed by atoms with Crippen LogP contribution in [-0.4, -0.2) is 27.0 Å². The van der Waals surface area contributed by atoms with Crippen molar-refractivity contribution in [2.24, 2.45) is 0 Å². The first-order chi connectivity index (χ1) is 8.58. The Morgan fingerprint density at radius 2 is 2.00 bits per heavy atom. The molecule has 0 saturated carbocycles. The lowest BCUT2D eigenvalue weighted by molar-refractivity contribution is 0.0691. The van der Waals surface area contributed by atoms with Gasteiger partial charge in [0.2, 0.25) is 0 Å². The van der Waals surface area contributed by atoms with Gasteiger partial charge in [0, 0.05) is 12.4 Å². The van der Waals surface area contributed by atoms with Crippen LogP contribution in [0.5, 0.6) is 0 Å². The van der Waals surface area contributed by atoms with Gasteiger partial charge in [-0.15, -0.1) is 11.3 Å². The van der Waals surface area contributed by atoms with E-state index in [1.165, 1.54) is 23.7 Å². The first kappa shape index (κ1) is 12.7. The van der Waals surface area contributed by atoms with Gasteiger partial charge in [0.05, 0.1) is 8.66 Å². The highest BCUT2D eigenvalue weighted by Crippen LogP contribution is 2.23. The number of carbonyl (C=O) groups is 2. The van der Waals surface area contributed by atoms with E-state index in [0.29, 0.717) is 4.88 Å². The number of hydrogen-bond acceptors (Lipinski definition) is 5. The lowest BCUT2D eigenvalue weighted by atomic mass is 10.4. The molecule has 0 fully saturated rings. The van der Waals surface area contributed by atoms with Crippen molar-refractivity contribution in [2.45, 2.75) is 0 Å². The molecule has 2 aromatic heterocycles. The van der Waals surface area contributed by atoms with Crippen LogP contribution >= 0.6 is 27.3 Å². The van der Waals surface area contributed by atoms with Gasteiger partial charge in [0.1, 0.15) is 0 Å². The van der Waals surface area contributed by atoms with Crippen molar-refractivity contribution in [1.29, 1.82) is 0 Å². The van der Waals surface area contributed by atoms with E-state index in [0.717, 1.165) is 3.79 Å². The van der Waals surface area contributed by atoms with Gasteiger partial charge in [-0.3, -0.25) is 4.79 Å². The Morgan fingerprint density at radius 1 is 1.28 bits per heavy atom. The summed E-state index contributed by atoms with van der Waals surface area (Å²) in [5.74, 6) is -1.74. The van der Waals surface area contributed by atoms with E-state index in [1.807, 2.05) is 0 Å². The molecule has 6 nitrogen and oxygen atoms in total. The van der Waals surface area contributed by atoms with Gasteiger partial charge in [-0.25, -0.2) is 14.8 Å². The Bertz CT molecular complexity index is 614. The van der Waals surface area contributed by atoms with E-state index in [2.05, 4.69) is 31.2 Å². The first-order valence-electron chi connectivity index (χ1n) is 4.69. The largest absolute Gasteiger partial charge is 0.476 e. The zero-order valence-electron chi connectivity index (χ0n) is 8.75. The summed E-state index contributed by atoms with van der Waals surface area (Å²) in [6, 6.07) is 3.36. The molecule has 2 heterocycles. The Balaban J connectivity index is 2.24. The van der Waals surface area contributed by atoms with Gasteiger partial charge in [-0.2, -0.15) is 0 Å². The van der Waals surface area contributed by atoms with E-state index < -0.39 is 11.9 Å². The number of thiophene rings is 1. The summed E-state index contributed by atoms with van der Waals surface area (Å²) in [7, 11) is 0. The van der Waals surface area contributed by atoms with Crippen LogP contribution in [0.25, 0.3) is 0 Å². The van der Waals surface area contributed by atoms with Crippen LogP contribution in [0.2, 0.25) is 0 Å². The molecule has 0 bridgehead atoms. The molecule has 0 radical (unpaired) electrons. The summed E-state index contributed by atoms with van der Waals surface area (Å²) in [5, 5.41) is 11.3. The predicted molar refractivity (Wildman–Crippen MR) is 69.0 cm³/mol. The van der Waals surface area contributed by atoms with E-state index >= 15 is 0 Å². The molecule has 0 saturated heterocycles. The molecular formula is C10H6BrN3O3S. The maximum Gasteiger partial charge on any atom is 0.358 e. The fraction of sp³-hybridized carbons (Fsp3) is 0. The second kappa shape index (κ2) is 5.23. The van der Waals surface area contributed by atoms with Crippen molar-refractivity contribution in [3.05, 3.63) is 38.9 Å². The third-order valence-corrected chi connectivity index (χ3v) is 3.55. The average molecular weight is 328 g/mol. The molecule has 2 N–H and O–H groups in total. The zero-order chi connectivity index (χ0) is 13.1. The van der Waals surface area contributed by atoms with Crippen LogP contribution < -0.4 is 5.32 Å². The summed E-state index contributed by atoms with van der Waals surface area (Å²) >= 11 is 4.48. The molecule has 2 aromatic rings. The lowest BCUT2D eigenvalue weighted by Gasteiger charge is -2.04. The maximum absolute atomic E-state index is 11.8. The van der Waals surface area contributed by atoms with Crippen LogP contribution in [0.4, 0.5) is 5.82 Å².